The third kappa shape index (κ3) is 2.44. The van der Waals surface area contributed by atoms with Crippen LogP contribution in [0, 0.1) is 0 Å². The van der Waals surface area contributed by atoms with Gasteiger partial charge in [-0.15, -0.1) is 5.10 Å². The maximum atomic E-state index is 6.03. The lowest BCUT2D eigenvalue weighted by Gasteiger charge is -2.02. The van der Waals surface area contributed by atoms with Crippen LogP contribution in [0.1, 0.15) is 11.3 Å². The van der Waals surface area contributed by atoms with E-state index in [0.717, 1.165) is 16.3 Å². The highest BCUT2D eigenvalue weighted by molar-refractivity contribution is 6.31. The van der Waals surface area contributed by atoms with Gasteiger partial charge < -0.3 is 5.73 Å². The first kappa shape index (κ1) is 9.93. The van der Waals surface area contributed by atoms with Gasteiger partial charge in [0, 0.05) is 11.4 Å². The number of hydrogen-bond acceptors (Lipinski definition) is 3. The largest absolute Gasteiger partial charge is 0.382 e. The third-order valence-electron chi connectivity index (χ3n) is 2.07. The van der Waals surface area contributed by atoms with Crippen LogP contribution in [-0.4, -0.2) is 10.2 Å². The van der Waals surface area contributed by atoms with Crippen molar-refractivity contribution >= 4 is 17.4 Å². The summed E-state index contributed by atoms with van der Waals surface area (Å²) in [6.45, 7) is 0. The molecule has 0 aliphatic rings. The molecule has 76 valence electrons. The fourth-order valence-corrected chi connectivity index (χ4v) is 1.50. The Balaban J connectivity index is 2.22. The second-order valence-electron chi connectivity index (χ2n) is 3.22. The van der Waals surface area contributed by atoms with Gasteiger partial charge in [-0.05, 0) is 23.8 Å². The molecule has 0 bridgehead atoms. The van der Waals surface area contributed by atoms with Crippen LogP contribution in [0.4, 0.5) is 5.82 Å². The van der Waals surface area contributed by atoms with E-state index in [4.69, 9.17) is 17.3 Å². The Hall–Kier alpha value is -1.61. The summed E-state index contributed by atoms with van der Waals surface area (Å²) in [4.78, 5) is 0. The number of halogens is 1. The molecule has 2 N–H and O–H groups in total. The summed E-state index contributed by atoms with van der Waals surface area (Å²) in [5.74, 6) is 0.429. The lowest BCUT2D eigenvalue weighted by atomic mass is 10.1. The molecular formula is C11H10ClN3. The zero-order valence-corrected chi connectivity index (χ0v) is 8.78. The molecule has 0 saturated heterocycles. The van der Waals surface area contributed by atoms with Gasteiger partial charge >= 0.3 is 0 Å². The highest BCUT2D eigenvalue weighted by Crippen LogP contribution is 2.17. The third-order valence-corrected chi connectivity index (χ3v) is 2.44. The maximum absolute atomic E-state index is 6.03. The molecule has 3 nitrogen and oxygen atoms in total. The molecule has 0 aliphatic carbocycles. The fourth-order valence-electron chi connectivity index (χ4n) is 1.30. The van der Waals surface area contributed by atoms with E-state index < -0.39 is 0 Å². The molecule has 1 heterocycles. The van der Waals surface area contributed by atoms with Gasteiger partial charge in [-0.25, -0.2) is 0 Å². The Morgan fingerprint density at radius 1 is 1.07 bits per heavy atom. The molecule has 0 aliphatic heterocycles. The molecule has 4 heteroatoms. The van der Waals surface area contributed by atoms with Crippen molar-refractivity contribution in [3.8, 4) is 0 Å². The van der Waals surface area contributed by atoms with Crippen LogP contribution < -0.4 is 5.73 Å². The lowest BCUT2D eigenvalue weighted by molar-refractivity contribution is 0.945. The van der Waals surface area contributed by atoms with E-state index in [1.165, 1.54) is 0 Å². The van der Waals surface area contributed by atoms with Crippen molar-refractivity contribution in [1.29, 1.82) is 0 Å². The Labute approximate surface area is 92.9 Å². The van der Waals surface area contributed by atoms with E-state index in [1.54, 1.807) is 6.07 Å². The molecule has 0 spiro atoms. The second kappa shape index (κ2) is 4.28. The minimum absolute atomic E-state index is 0.429. The van der Waals surface area contributed by atoms with Crippen LogP contribution in [0.15, 0.2) is 36.4 Å². The molecule has 1 aromatic carbocycles. The number of nitrogen functional groups attached to an aromatic ring is 1. The van der Waals surface area contributed by atoms with Gasteiger partial charge in [0.05, 0.1) is 5.69 Å². The van der Waals surface area contributed by atoms with Crippen molar-refractivity contribution < 1.29 is 0 Å². The van der Waals surface area contributed by atoms with Gasteiger partial charge in [-0.1, -0.05) is 29.8 Å². The predicted octanol–water partition coefficient (Wildman–Crippen LogP) is 2.30. The fraction of sp³-hybridized carbons (Fsp3) is 0.0909. The van der Waals surface area contributed by atoms with Gasteiger partial charge in [-0.3, -0.25) is 0 Å². The average molecular weight is 220 g/mol. The van der Waals surface area contributed by atoms with Crippen LogP contribution in [0.3, 0.4) is 0 Å². The highest BCUT2D eigenvalue weighted by Gasteiger charge is 2.02. The van der Waals surface area contributed by atoms with Gasteiger partial charge in [-0.2, -0.15) is 5.10 Å². The van der Waals surface area contributed by atoms with Gasteiger partial charge in [0.25, 0.3) is 0 Å². The molecule has 0 unspecified atom stereocenters. The van der Waals surface area contributed by atoms with E-state index >= 15 is 0 Å². The minimum atomic E-state index is 0.429. The molecule has 0 amide bonds. The smallest absolute Gasteiger partial charge is 0.146 e. The average Bonchev–Trinajstić information content (AvgIpc) is 2.25. The van der Waals surface area contributed by atoms with E-state index in [9.17, 15) is 0 Å². The van der Waals surface area contributed by atoms with E-state index in [-0.39, 0.29) is 0 Å². The molecule has 0 atom stereocenters. The van der Waals surface area contributed by atoms with Crippen molar-refractivity contribution in [2.45, 2.75) is 6.42 Å². The van der Waals surface area contributed by atoms with Crippen molar-refractivity contribution in [2.24, 2.45) is 0 Å². The normalized spacial score (nSPS) is 10.2. The van der Waals surface area contributed by atoms with Crippen LogP contribution in [-0.2, 0) is 6.42 Å². The minimum Gasteiger partial charge on any atom is -0.382 e. The zero-order chi connectivity index (χ0) is 10.7. The number of nitrogens with two attached hydrogens (primary N) is 1. The first-order valence-electron chi connectivity index (χ1n) is 4.57. The lowest BCUT2D eigenvalue weighted by Crippen LogP contribution is -1.98. The second-order valence-corrected chi connectivity index (χ2v) is 3.62. The number of anilines is 1. The Morgan fingerprint density at radius 2 is 1.87 bits per heavy atom. The molecular weight excluding hydrogens is 210 g/mol. The van der Waals surface area contributed by atoms with Gasteiger partial charge in [0.15, 0.2) is 0 Å². The van der Waals surface area contributed by atoms with Gasteiger partial charge in [0.2, 0.25) is 0 Å². The Bertz CT molecular complexity index is 454. The zero-order valence-electron chi connectivity index (χ0n) is 8.02. The van der Waals surface area contributed by atoms with Gasteiger partial charge in [0.1, 0.15) is 5.82 Å². The van der Waals surface area contributed by atoms with Crippen LogP contribution >= 0.6 is 11.6 Å². The molecule has 2 aromatic rings. The molecule has 0 fully saturated rings. The molecule has 1 aromatic heterocycles. The van der Waals surface area contributed by atoms with Crippen molar-refractivity contribution in [3.05, 3.63) is 52.7 Å². The van der Waals surface area contributed by atoms with Crippen molar-refractivity contribution in [3.63, 3.8) is 0 Å². The number of hydrogen-bond donors (Lipinski definition) is 1. The number of aromatic nitrogens is 2. The molecule has 15 heavy (non-hydrogen) atoms. The topological polar surface area (TPSA) is 51.8 Å². The summed E-state index contributed by atoms with van der Waals surface area (Å²) < 4.78 is 0. The Kier molecular flexibility index (Phi) is 2.83. The predicted molar refractivity (Wildman–Crippen MR) is 60.7 cm³/mol. The van der Waals surface area contributed by atoms with E-state index in [2.05, 4.69) is 10.2 Å². The van der Waals surface area contributed by atoms with E-state index in [1.807, 2.05) is 30.3 Å². The SMILES string of the molecule is Nc1ccc(Cc2ccccc2Cl)nn1. The number of nitrogens with zero attached hydrogens (tertiary/aromatic N) is 2. The van der Waals surface area contributed by atoms with Crippen LogP contribution in [0.25, 0.3) is 0 Å². The number of benzene rings is 1. The van der Waals surface area contributed by atoms with Crippen LogP contribution in [0.2, 0.25) is 5.02 Å². The number of rotatable bonds is 2. The quantitative estimate of drug-likeness (QED) is 0.843. The maximum Gasteiger partial charge on any atom is 0.146 e. The molecule has 0 radical (unpaired) electrons. The molecule has 2 rings (SSSR count). The summed E-state index contributed by atoms with van der Waals surface area (Å²) in [7, 11) is 0. The Morgan fingerprint density at radius 3 is 2.53 bits per heavy atom. The van der Waals surface area contributed by atoms with E-state index in [0.29, 0.717) is 12.2 Å². The first-order chi connectivity index (χ1) is 7.25. The first-order valence-corrected chi connectivity index (χ1v) is 4.95. The monoisotopic (exact) mass is 219 g/mol. The summed E-state index contributed by atoms with van der Waals surface area (Å²) in [5.41, 5.74) is 7.35. The van der Waals surface area contributed by atoms with Crippen molar-refractivity contribution in [2.75, 3.05) is 5.73 Å². The molecule has 0 saturated carbocycles. The van der Waals surface area contributed by atoms with Crippen molar-refractivity contribution in [1.82, 2.24) is 10.2 Å². The summed E-state index contributed by atoms with van der Waals surface area (Å²) >= 11 is 6.03. The summed E-state index contributed by atoms with van der Waals surface area (Å²) in [6, 6.07) is 11.3. The standard InChI is InChI=1S/C11H10ClN3/c12-10-4-2-1-3-8(10)7-9-5-6-11(13)15-14-9/h1-6H,7H2,(H2,13,15). The summed E-state index contributed by atoms with van der Waals surface area (Å²) in [6.07, 6.45) is 0.674. The summed E-state index contributed by atoms with van der Waals surface area (Å²) in [5, 5.41) is 8.52. The highest BCUT2D eigenvalue weighted by atomic mass is 35.5. The van der Waals surface area contributed by atoms with Crippen LogP contribution in [0.5, 0.6) is 0 Å².